The summed E-state index contributed by atoms with van der Waals surface area (Å²) in [7, 11) is 0. The molecule has 2 aromatic heterocycles. The summed E-state index contributed by atoms with van der Waals surface area (Å²) in [6, 6.07) is 9.41. The molecule has 96 valence electrons. The molecule has 19 heavy (non-hydrogen) atoms. The number of aromatic amines is 1. The summed E-state index contributed by atoms with van der Waals surface area (Å²) in [5, 5.41) is 2.65. The first kappa shape index (κ1) is 12.8. The molecule has 2 heterocycles. The van der Waals surface area contributed by atoms with Crippen LogP contribution in [-0.2, 0) is 6.54 Å². The summed E-state index contributed by atoms with van der Waals surface area (Å²) in [6.07, 6.45) is 0. The Hall–Kier alpha value is -1.24. The van der Waals surface area contributed by atoms with Crippen LogP contribution in [0.3, 0.4) is 0 Å². The van der Waals surface area contributed by atoms with E-state index >= 15 is 0 Å². The molecule has 0 atom stereocenters. The lowest BCUT2D eigenvalue weighted by Crippen LogP contribution is -2.22. The Morgan fingerprint density at radius 1 is 1.37 bits per heavy atom. The number of hydrogen-bond donors (Lipinski definition) is 1. The number of H-pyrrole nitrogens is 1. The van der Waals surface area contributed by atoms with Gasteiger partial charge in [-0.25, -0.2) is 0 Å². The van der Waals surface area contributed by atoms with E-state index in [0.717, 1.165) is 14.9 Å². The molecule has 0 saturated carbocycles. The van der Waals surface area contributed by atoms with Gasteiger partial charge in [0.2, 0.25) is 0 Å². The van der Waals surface area contributed by atoms with Crippen molar-refractivity contribution in [1.82, 2.24) is 9.55 Å². The first-order chi connectivity index (χ1) is 9.15. The topological polar surface area (TPSA) is 37.8 Å². The standard InChI is InChI=1S/C13H9BrN2OS2/c14-8-5-9(19-7-8)6-16-12(17)10-3-1-2-4-11(10)15-13(16)18/h1-5,7H,6H2,(H,15,18). The number of fused-ring (bicyclic) bond motifs is 1. The zero-order valence-corrected chi connectivity index (χ0v) is 12.9. The van der Waals surface area contributed by atoms with E-state index in [2.05, 4.69) is 20.9 Å². The monoisotopic (exact) mass is 352 g/mol. The van der Waals surface area contributed by atoms with Crippen LogP contribution in [0.25, 0.3) is 10.9 Å². The van der Waals surface area contributed by atoms with Crippen LogP contribution in [0.15, 0.2) is 45.0 Å². The second-order valence-corrected chi connectivity index (χ2v) is 6.40. The van der Waals surface area contributed by atoms with E-state index in [1.54, 1.807) is 15.9 Å². The maximum absolute atomic E-state index is 12.4. The Morgan fingerprint density at radius 3 is 2.89 bits per heavy atom. The van der Waals surface area contributed by atoms with E-state index in [4.69, 9.17) is 12.2 Å². The molecule has 6 heteroatoms. The minimum atomic E-state index is -0.0520. The number of hydrogen-bond acceptors (Lipinski definition) is 3. The molecule has 3 nitrogen and oxygen atoms in total. The molecule has 3 aromatic rings. The quantitative estimate of drug-likeness (QED) is 0.709. The highest BCUT2D eigenvalue weighted by Gasteiger charge is 2.06. The Bertz CT molecular complexity index is 863. The van der Waals surface area contributed by atoms with Gasteiger partial charge in [-0.1, -0.05) is 12.1 Å². The second kappa shape index (κ2) is 5.03. The zero-order chi connectivity index (χ0) is 13.4. The third-order valence-corrected chi connectivity index (χ3v) is 4.83. The molecular weight excluding hydrogens is 344 g/mol. The van der Waals surface area contributed by atoms with Gasteiger partial charge in [0.25, 0.3) is 5.56 Å². The molecule has 0 spiro atoms. The number of benzene rings is 1. The van der Waals surface area contributed by atoms with Crippen LogP contribution >= 0.6 is 39.5 Å². The van der Waals surface area contributed by atoms with Crippen molar-refractivity contribution in [1.29, 1.82) is 0 Å². The number of halogens is 1. The molecule has 0 aliphatic rings. The highest BCUT2D eigenvalue weighted by Crippen LogP contribution is 2.20. The Balaban J connectivity index is 2.18. The number of nitrogens with zero attached hydrogens (tertiary/aromatic N) is 1. The van der Waals surface area contributed by atoms with Crippen molar-refractivity contribution >= 4 is 50.4 Å². The van der Waals surface area contributed by atoms with Crippen LogP contribution in [0.5, 0.6) is 0 Å². The number of nitrogens with one attached hydrogen (secondary N) is 1. The predicted molar refractivity (Wildman–Crippen MR) is 84.5 cm³/mol. The van der Waals surface area contributed by atoms with Crippen LogP contribution in [-0.4, -0.2) is 9.55 Å². The van der Waals surface area contributed by atoms with Crippen LogP contribution in [0, 0.1) is 4.77 Å². The lowest BCUT2D eigenvalue weighted by atomic mass is 10.2. The maximum atomic E-state index is 12.4. The summed E-state index contributed by atoms with van der Waals surface area (Å²) in [5.74, 6) is 0. The normalized spacial score (nSPS) is 11.0. The highest BCUT2D eigenvalue weighted by molar-refractivity contribution is 9.10. The lowest BCUT2D eigenvalue weighted by molar-refractivity contribution is 0.743. The van der Waals surface area contributed by atoms with Gasteiger partial charge in [0.05, 0.1) is 17.4 Å². The molecule has 1 N–H and O–H groups in total. The van der Waals surface area contributed by atoms with E-state index in [-0.39, 0.29) is 5.56 Å². The summed E-state index contributed by atoms with van der Waals surface area (Å²) in [4.78, 5) is 16.6. The summed E-state index contributed by atoms with van der Waals surface area (Å²) >= 11 is 10.3. The van der Waals surface area contributed by atoms with Crippen LogP contribution in [0.1, 0.15) is 4.88 Å². The van der Waals surface area contributed by atoms with E-state index < -0.39 is 0 Å². The number of para-hydroxylation sites is 1. The molecule has 0 amide bonds. The van der Waals surface area contributed by atoms with Gasteiger partial charge < -0.3 is 4.98 Å². The van der Waals surface area contributed by atoms with Crippen molar-refractivity contribution < 1.29 is 0 Å². The van der Waals surface area contributed by atoms with Gasteiger partial charge in [-0.15, -0.1) is 11.3 Å². The van der Waals surface area contributed by atoms with Crippen molar-refractivity contribution in [2.45, 2.75) is 6.54 Å². The van der Waals surface area contributed by atoms with Gasteiger partial charge >= 0.3 is 0 Å². The molecule has 0 radical (unpaired) electrons. The largest absolute Gasteiger partial charge is 0.332 e. The fraction of sp³-hybridized carbons (Fsp3) is 0.0769. The van der Waals surface area contributed by atoms with Gasteiger partial charge in [0.15, 0.2) is 4.77 Å². The van der Waals surface area contributed by atoms with E-state index in [0.29, 0.717) is 16.7 Å². The van der Waals surface area contributed by atoms with Gasteiger partial charge in [0, 0.05) is 14.7 Å². The minimum Gasteiger partial charge on any atom is -0.332 e. The van der Waals surface area contributed by atoms with Crippen molar-refractivity contribution in [3.63, 3.8) is 0 Å². The van der Waals surface area contributed by atoms with Gasteiger partial charge in [-0.2, -0.15) is 0 Å². The molecule has 0 bridgehead atoms. The van der Waals surface area contributed by atoms with Crippen LogP contribution in [0.2, 0.25) is 0 Å². The Labute approximate surface area is 126 Å². The molecule has 0 fully saturated rings. The molecule has 1 aromatic carbocycles. The third-order valence-electron chi connectivity index (χ3n) is 2.83. The average molecular weight is 353 g/mol. The van der Waals surface area contributed by atoms with Crippen LogP contribution in [0.4, 0.5) is 0 Å². The fourth-order valence-corrected chi connectivity index (χ4v) is 3.63. The zero-order valence-electron chi connectivity index (χ0n) is 9.72. The summed E-state index contributed by atoms with van der Waals surface area (Å²) in [6.45, 7) is 0.495. The van der Waals surface area contributed by atoms with Crippen molar-refractivity contribution in [3.8, 4) is 0 Å². The molecule has 0 aliphatic carbocycles. The lowest BCUT2D eigenvalue weighted by Gasteiger charge is -2.06. The van der Waals surface area contributed by atoms with Gasteiger partial charge in [0.1, 0.15) is 0 Å². The van der Waals surface area contributed by atoms with Crippen molar-refractivity contribution in [2.75, 3.05) is 0 Å². The summed E-state index contributed by atoms with van der Waals surface area (Å²) in [5.41, 5.74) is 0.727. The molecule has 0 aliphatic heterocycles. The highest BCUT2D eigenvalue weighted by atomic mass is 79.9. The maximum Gasteiger partial charge on any atom is 0.262 e. The SMILES string of the molecule is O=c1c2ccccc2[nH]c(=S)n1Cc1cc(Br)cs1. The number of rotatable bonds is 2. The van der Waals surface area contributed by atoms with E-state index in [1.165, 1.54) is 0 Å². The smallest absolute Gasteiger partial charge is 0.262 e. The Kier molecular flexibility index (Phi) is 3.38. The molecular formula is C13H9BrN2OS2. The molecule has 0 unspecified atom stereocenters. The van der Waals surface area contributed by atoms with Gasteiger partial charge in [-0.3, -0.25) is 9.36 Å². The van der Waals surface area contributed by atoms with E-state index in [1.807, 2.05) is 35.7 Å². The molecule has 3 rings (SSSR count). The summed E-state index contributed by atoms with van der Waals surface area (Å²) < 4.78 is 3.07. The minimum absolute atomic E-state index is 0.0520. The van der Waals surface area contributed by atoms with Gasteiger partial charge in [-0.05, 0) is 46.3 Å². The fourth-order valence-electron chi connectivity index (χ4n) is 1.94. The predicted octanol–water partition coefficient (Wildman–Crippen LogP) is 3.93. The number of aromatic nitrogens is 2. The third kappa shape index (κ3) is 2.43. The van der Waals surface area contributed by atoms with E-state index in [9.17, 15) is 4.79 Å². The number of thiophene rings is 1. The van der Waals surface area contributed by atoms with Crippen LogP contribution < -0.4 is 5.56 Å². The first-order valence-corrected chi connectivity index (χ1v) is 7.68. The van der Waals surface area contributed by atoms with Crippen molar-refractivity contribution in [2.24, 2.45) is 0 Å². The second-order valence-electron chi connectivity index (χ2n) is 4.10. The Morgan fingerprint density at radius 2 is 2.16 bits per heavy atom. The van der Waals surface area contributed by atoms with Crippen molar-refractivity contribution in [3.05, 3.63) is 60.2 Å². The average Bonchev–Trinajstić information content (AvgIpc) is 2.80. The molecule has 0 saturated heterocycles. The first-order valence-electron chi connectivity index (χ1n) is 5.60.